The van der Waals surface area contributed by atoms with E-state index in [1.165, 1.54) is 36.3 Å². The summed E-state index contributed by atoms with van der Waals surface area (Å²) in [6, 6.07) is 5.93. The normalized spacial score (nSPS) is 20.3. The number of likely N-dealkylation sites (N-methyl/N-ethyl adjacent to an activating group) is 1. The lowest BCUT2D eigenvalue weighted by molar-refractivity contribution is 0.0373. The Hall–Kier alpha value is -2.08. The molecule has 0 radical (unpaired) electrons. The molecule has 3 rings (SSSR count). The Kier molecular flexibility index (Phi) is 7.53. The predicted molar refractivity (Wildman–Crippen MR) is 119 cm³/mol. The lowest BCUT2D eigenvalue weighted by atomic mass is 10.0. The summed E-state index contributed by atoms with van der Waals surface area (Å²) in [4.78, 5) is 18.7. The molecule has 1 amide bonds. The number of amides is 1. The van der Waals surface area contributed by atoms with Gasteiger partial charge in [0.2, 0.25) is 15.9 Å². The van der Waals surface area contributed by atoms with Gasteiger partial charge in [-0.05, 0) is 47.1 Å². The summed E-state index contributed by atoms with van der Waals surface area (Å²) in [6.07, 6.45) is 0.833. The number of pyridine rings is 1. The minimum absolute atomic E-state index is 0.0489. The standard InChI is InChI=1S/C21H25BrFN3O5S/c1-13-10-26(14(2)12-27)21(28)18-7-15(22)9-24-20(18)31-19(13)11-25(3)32(29,30)17-6-4-5-16(23)8-17/h4-9,13-14,19,27H,10-12H2,1-3H3/t13-,14+,19+/m0/s1. The van der Waals surface area contributed by atoms with Gasteiger partial charge in [0.15, 0.2) is 0 Å². The first-order valence-electron chi connectivity index (χ1n) is 10.0. The van der Waals surface area contributed by atoms with Crippen LogP contribution in [0.1, 0.15) is 24.2 Å². The summed E-state index contributed by atoms with van der Waals surface area (Å²) in [5.74, 6) is -1.19. The quantitative estimate of drug-likeness (QED) is 0.617. The average Bonchev–Trinajstić information content (AvgIpc) is 2.76. The second kappa shape index (κ2) is 9.82. The van der Waals surface area contributed by atoms with Crippen molar-refractivity contribution in [1.29, 1.82) is 0 Å². The largest absolute Gasteiger partial charge is 0.472 e. The molecule has 0 bridgehead atoms. The molecule has 1 aliphatic rings. The lowest BCUT2D eigenvalue weighted by Crippen LogP contribution is -2.50. The van der Waals surface area contributed by atoms with E-state index in [1.54, 1.807) is 13.0 Å². The molecule has 3 atom stereocenters. The number of hydrogen-bond acceptors (Lipinski definition) is 6. The number of halogens is 2. The third-order valence-corrected chi connectivity index (χ3v) is 7.68. The van der Waals surface area contributed by atoms with E-state index in [2.05, 4.69) is 20.9 Å². The van der Waals surface area contributed by atoms with Crippen LogP contribution >= 0.6 is 15.9 Å². The van der Waals surface area contributed by atoms with Gasteiger partial charge >= 0.3 is 0 Å². The van der Waals surface area contributed by atoms with Crippen LogP contribution in [-0.4, -0.2) is 72.5 Å². The molecule has 174 valence electrons. The van der Waals surface area contributed by atoms with Crippen LogP contribution in [0, 0.1) is 11.7 Å². The van der Waals surface area contributed by atoms with E-state index in [1.807, 2.05) is 6.92 Å². The van der Waals surface area contributed by atoms with E-state index in [-0.39, 0.29) is 47.9 Å². The van der Waals surface area contributed by atoms with Crippen molar-refractivity contribution in [3.63, 3.8) is 0 Å². The number of aromatic nitrogens is 1. The van der Waals surface area contributed by atoms with Crippen LogP contribution in [0.25, 0.3) is 0 Å². The zero-order valence-electron chi connectivity index (χ0n) is 17.9. The maximum atomic E-state index is 13.6. The Bertz CT molecular complexity index is 1100. The Labute approximate surface area is 195 Å². The molecule has 11 heteroatoms. The molecule has 0 saturated carbocycles. The second-order valence-electron chi connectivity index (χ2n) is 7.87. The van der Waals surface area contributed by atoms with Crippen molar-refractivity contribution in [2.24, 2.45) is 5.92 Å². The summed E-state index contributed by atoms with van der Waals surface area (Å²) in [5, 5.41) is 9.65. The highest BCUT2D eigenvalue weighted by Crippen LogP contribution is 2.29. The van der Waals surface area contributed by atoms with E-state index in [9.17, 15) is 22.7 Å². The molecule has 1 N–H and O–H groups in total. The zero-order chi connectivity index (χ0) is 23.6. The fraction of sp³-hybridized carbons (Fsp3) is 0.429. The Morgan fingerprint density at radius 2 is 2.12 bits per heavy atom. The maximum Gasteiger partial charge on any atom is 0.259 e. The van der Waals surface area contributed by atoms with Crippen molar-refractivity contribution < 1.29 is 27.4 Å². The molecule has 0 saturated heterocycles. The number of aliphatic hydroxyl groups excluding tert-OH is 1. The van der Waals surface area contributed by atoms with Crippen molar-refractivity contribution in [2.75, 3.05) is 26.7 Å². The molecule has 0 fully saturated rings. The fourth-order valence-corrected chi connectivity index (χ4v) is 5.00. The van der Waals surface area contributed by atoms with Gasteiger partial charge in [-0.3, -0.25) is 4.79 Å². The molecule has 1 aromatic heterocycles. The molecule has 0 spiro atoms. The van der Waals surface area contributed by atoms with Gasteiger partial charge in [0.1, 0.15) is 17.5 Å². The first-order chi connectivity index (χ1) is 15.0. The number of rotatable bonds is 6. The topological polar surface area (TPSA) is 100 Å². The minimum atomic E-state index is -3.97. The number of carbonyl (C=O) groups is 1. The van der Waals surface area contributed by atoms with E-state index >= 15 is 0 Å². The van der Waals surface area contributed by atoms with Gasteiger partial charge in [-0.1, -0.05) is 13.0 Å². The van der Waals surface area contributed by atoms with Gasteiger partial charge in [0.25, 0.3) is 5.91 Å². The molecule has 32 heavy (non-hydrogen) atoms. The highest BCUT2D eigenvalue weighted by atomic mass is 79.9. The number of hydrogen-bond donors (Lipinski definition) is 1. The van der Waals surface area contributed by atoms with E-state index in [4.69, 9.17) is 4.74 Å². The van der Waals surface area contributed by atoms with Gasteiger partial charge in [-0.25, -0.2) is 17.8 Å². The number of carbonyl (C=O) groups excluding carboxylic acids is 1. The van der Waals surface area contributed by atoms with Gasteiger partial charge in [-0.15, -0.1) is 0 Å². The lowest BCUT2D eigenvalue weighted by Gasteiger charge is -2.37. The van der Waals surface area contributed by atoms with Gasteiger partial charge < -0.3 is 14.7 Å². The Balaban J connectivity index is 1.95. The SMILES string of the molecule is C[C@H](CO)N1C[C@H](C)[C@@H](CN(C)S(=O)(=O)c2cccc(F)c2)Oc2ncc(Br)cc2C1=O. The predicted octanol–water partition coefficient (Wildman–Crippen LogP) is 2.52. The molecule has 0 aliphatic carbocycles. The van der Waals surface area contributed by atoms with Crippen molar-refractivity contribution in [2.45, 2.75) is 30.9 Å². The average molecular weight is 530 g/mol. The van der Waals surface area contributed by atoms with Gasteiger partial charge in [-0.2, -0.15) is 4.31 Å². The van der Waals surface area contributed by atoms with E-state index in [0.29, 0.717) is 4.47 Å². The molecule has 0 unspecified atom stereocenters. The molecular formula is C21H25BrFN3O5S. The third kappa shape index (κ3) is 5.11. The van der Waals surface area contributed by atoms with E-state index < -0.39 is 28.0 Å². The van der Waals surface area contributed by atoms with Crippen LogP contribution in [0.5, 0.6) is 5.88 Å². The Morgan fingerprint density at radius 3 is 2.78 bits per heavy atom. The minimum Gasteiger partial charge on any atom is -0.472 e. The summed E-state index contributed by atoms with van der Waals surface area (Å²) in [7, 11) is -2.58. The highest BCUT2D eigenvalue weighted by molar-refractivity contribution is 9.10. The van der Waals surface area contributed by atoms with Crippen LogP contribution in [0.3, 0.4) is 0 Å². The van der Waals surface area contributed by atoms with E-state index in [0.717, 1.165) is 10.4 Å². The summed E-state index contributed by atoms with van der Waals surface area (Å²) in [6.45, 7) is 3.53. The molecular weight excluding hydrogens is 505 g/mol. The first-order valence-corrected chi connectivity index (χ1v) is 12.2. The van der Waals surface area contributed by atoms with Crippen LogP contribution in [0.2, 0.25) is 0 Å². The molecule has 1 aliphatic heterocycles. The molecule has 8 nitrogen and oxygen atoms in total. The summed E-state index contributed by atoms with van der Waals surface area (Å²) < 4.78 is 47.2. The molecule has 2 heterocycles. The van der Waals surface area contributed by atoms with Crippen LogP contribution in [-0.2, 0) is 10.0 Å². The number of fused-ring (bicyclic) bond motifs is 1. The monoisotopic (exact) mass is 529 g/mol. The fourth-order valence-electron chi connectivity index (χ4n) is 3.45. The van der Waals surface area contributed by atoms with Crippen molar-refractivity contribution in [3.8, 4) is 5.88 Å². The third-order valence-electron chi connectivity index (χ3n) is 5.43. The smallest absolute Gasteiger partial charge is 0.259 e. The molecule has 2 aromatic rings. The summed E-state index contributed by atoms with van der Waals surface area (Å²) >= 11 is 3.31. The second-order valence-corrected chi connectivity index (χ2v) is 10.8. The Morgan fingerprint density at radius 1 is 1.41 bits per heavy atom. The van der Waals surface area contributed by atoms with Gasteiger partial charge in [0.05, 0.1) is 24.1 Å². The number of sulfonamides is 1. The zero-order valence-corrected chi connectivity index (χ0v) is 20.3. The van der Waals surface area contributed by atoms with Crippen molar-refractivity contribution in [1.82, 2.24) is 14.2 Å². The molecule has 1 aromatic carbocycles. The van der Waals surface area contributed by atoms with Crippen molar-refractivity contribution >= 4 is 31.9 Å². The van der Waals surface area contributed by atoms with Crippen LogP contribution in [0.15, 0.2) is 45.9 Å². The number of benzene rings is 1. The number of aliphatic hydroxyl groups is 1. The van der Waals surface area contributed by atoms with Crippen LogP contribution < -0.4 is 4.74 Å². The summed E-state index contributed by atoms with van der Waals surface area (Å²) in [5.41, 5.74) is 0.215. The number of ether oxygens (including phenoxy) is 1. The van der Waals surface area contributed by atoms with Crippen LogP contribution in [0.4, 0.5) is 4.39 Å². The first kappa shape index (κ1) is 24.6. The van der Waals surface area contributed by atoms with Gasteiger partial charge in [0, 0.05) is 30.2 Å². The maximum absolute atomic E-state index is 13.6. The number of nitrogens with zero attached hydrogens (tertiary/aromatic N) is 3. The van der Waals surface area contributed by atoms with Crippen molar-refractivity contribution in [3.05, 3.63) is 52.4 Å². The highest BCUT2D eigenvalue weighted by Gasteiger charge is 2.35.